The Labute approximate surface area is 206 Å². The molecule has 0 radical (unpaired) electrons. The van der Waals surface area contributed by atoms with Crippen molar-refractivity contribution in [1.82, 2.24) is 19.2 Å². The lowest BCUT2D eigenvalue weighted by atomic mass is 9.99. The summed E-state index contributed by atoms with van der Waals surface area (Å²) < 4.78 is 53.9. The number of morpholine rings is 1. The average molecular weight is 523 g/mol. The van der Waals surface area contributed by atoms with Crippen LogP contribution in [0.1, 0.15) is 47.6 Å². The highest BCUT2D eigenvalue weighted by Gasteiger charge is 2.44. The molecule has 36 heavy (non-hydrogen) atoms. The number of nitrogens with zero attached hydrogens (tertiary/aromatic N) is 3. The lowest BCUT2D eigenvalue weighted by molar-refractivity contribution is -0.0789. The van der Waals surface area contributed by atoms with Crippen molar-refractivity contribution in [1.29, 1.82) is 0 Å². The molecule has 5 rings (SSSR count). The molecule has 1 saturated heterocycles. The van der Waals surface area contributed by atoms with Gasteiger partial charge in [-0.15, -0.1) is 0 Å². The highest BCUT2D eigenvalue weighted by molar-refractivity contribution is 7.89. The van der Waals surface area contributed by atoms with Crippen molar-refractivity contribution in [2.45, 2.75) is 49.3 Å². The first-order chi connectivity index (χ1) is 17.2. The quantitative estimate of drug-likeness (QED) is 0.589. The van der Waals surface area contributed by atoms with E-state index in [2.05, 4.69) is 10.3 Å². The number of hydrogen-bond donors (Lipinski definition) is 2. The molecule has 1 aliphatic carbocycles. The zero-order valence-electron chi connectivity index (χ0n) is 19.5. The van der Waals surface area contributed by atoms with E-state index in [-0.39, 0.29) is 49.9 Å². The number of rotatable bonds is 5. The maximum atomic E-state index is 14.3. The SMILES string of the molecule is O=C(NCc1cc(F)cc(S(=O)(=O)N2CCOCC2)c1)c1nc2n(c(=O)c1O)CCOC21CCCC1. The van der Waals surface area contributed by atoms with Crippen LogP contribution in [0.5, 0.6) is 5.75 Å². The number of carbonyl (C=O) groups is 1. The van der Waals surface area contributed by atoms with Crippen molar-refractivity contribution in [3.8, 4) is 5.75 Å². The van der Waals surface area contributed by atoms with Crippen molar-refractivity contribution in [2.75, 3.05) is 32.9 Å². The lowest BCUT2D eigenvalue weighted by Gasteiger charge is -2.35. The number of aromatic nitrogens is 2. The number of amides is 1. The van der Waals surface area contributed by atoms with E-state index in [4.69, 9.17) is 9.47 Å². The molecule has 2 aliphatic heterocycles. The van der Waals surface area contributed by atoms with Gasteiger partial charge in [-0.25, -0.2) is 17.8 Å². The molecule has 3 heterocycles. The molecule has 1 saturated carbocycles. The van der Waals surface area contributed by atoms with Crippen LogP contribution in [0.2, 0.25) is 0 Å². The Morgan fingerprint density at radius 1 is 1.14 bits per heavy atom. The van der Waals surface area contributed by atoms with Crippen molar-refractivity contribution in [3.05, 3.63) is 51.5 Å². The number of sulfonamides is 1. The van der Waals surface area contributed by atoms with Gasteiger partial charge in [0.1, 0.15) is 17.2 Å². The van der Waals surface area contributed by atoms with Gasteiger partial charge >= 0.3 is 0 Å². The monoisotopic (exact) mass is 522 g/mol. The Hall–Kier alpha value is -2.87. The van der Waals surface area contributed by atoms with Crippen LogP contribution in [0, 0.1) is 5.82 Å². The zero-order valence-corrected chi connectivity index (χ0v) is 20.4. The summed E-state index contributed by atoms with van der Waals surface area (Å²) >= 11 is 0. The summed E-state index contributed by atoms with van der Waals surface area (Å²) in [6, 6.07) is 3.31. The molecule has 3 aliphatic rings. The fourth-order valence-corrected chi connectivity index (χ4v) is 6.53. The second kappa shape index (κ2) is 9.54. The summed E-state index contributed by atoms with van der Waals surface area (Å²) in [5.74, 6) is -2.07. The van der Waals surface area contributed by atoms with E-state index in [1.165, 1.54) is 14.9 Å². The van der Waals surface area contributed by atoms with Gasteiger partial charge in [0.25, 0.3) is 11.5 Å². The minimum absolute atomic E-state index is 0.162. The molecule has 1 aromatic heterocycles. The van der Waals surface area contributed by atoms with Crippen LogP contribution in [-0.4, -0.2) is 66.2 Å². The van der Waals surface area contributed by atoms with Gasteiger partial charge in [-0.2, -0.15) is 4.31 Å². The number of carbonyl (C=O) groups excluding carboxylic acids is 1. The molecular weight excluding hydrogens is 495 g/mol. The van der Waals surface area contributed by atoms with Crippen molar-refractivity contribution in [2.24, 2.45) is 0 Å². The van der Waals surface area contributed by atoms with Crippen molar-refractivity contribution < 1.29 is 32.2 Å². The van der Waals surface area contributed by atoms with E-state index >= 15 is 0 Å². The second-order valence-electron chi connectivity index (χ2n) is 9.13. The average Bonchev–Trinajstić information content (AvgIpc) is 3.34. The van der Waals surface area contributed by atoms with Crippen molar-refractivity contribution >= 4 is 15.9 Å². The summed E-state index contributed by atoms with van der Waals surface area (Å²) in [5.41, 5.74) is -1.73. The molecule has 1 aromatic carbocycles. The maximum absolute atomic E-state index is 14.3. The van der Waals surface area contributed by atoms with Crippen LogP contribution < -0.4 is 10.9 Å². The molecule has 2 N–H and O–H groups in total. The number of halogens is 1. The van der Waals surface area contributed by atoms with E-state index in [0.29, 0.717) is 25.3 Å². The van der Waals surface area contributed by atoms with Gasteiger partial charge in [-0.05, 0) is 49.4 Å². The number of fused-ring (bicyclic) bond motifs is 2. The molecule has 194 valence electrons. The number of ether oxygens (including phenoxy) is 2. The number of hydrogen-bond acceptors (Lipinski definition) is 8. The third-order valence-electron chi connectivity index (χ3n) is 6.86. The lowest BCUT2D eigenvalue weighted by Crippen LogP contribution is -2.44. The van der Waals surface area contributed by atoms with Crippen LogP contribution in [-0.2, 0) is 38.2 Å². The van der Waals surface area contributed by atoms with Gasteiger partial charge in [0.05, 0.1) is 31.3 Å². The minimum Gasteiger partial charge on any atom is -0.501 e. The Bertz CT molecular complexity index is 1350. The van der Waals surface area contributed by atoms with E-state index in [0.717, 1.165) is 25.0 Å². The van der Waals surface area contributed by atoms with Crippen LogP contribution >= 0.6 is 0 Å². The Morgan fingerprint density at radius 2 is 1.86 bits per heavy atom. The van der Waals surface area contributed by atoms with Gasteiger partial charge in [0, 0.05) is 19.6 Å². The molecule has 13 heteroatoms. The van der Waals surface area contributed by atoms with Crippen LogP contribution in [0.15, 0.2) is 27.9 Å². The second-order valence-corrected chi connectivity index (χ2v) is 11.1. The third-order valence-corrected chi connectivity index (χ3v) is 8.74. The molecule has 1 spiro atoms. The molecule has 0 bridgehead atoms. The van der Waals surface area contributed by atoms with Crippen molar-refractivity contribution in [3.63, 3.8) is 0 Å². The maximum Gasteiger partial charge on any atom is 0.296 e. The van der Waals surface area contributed by atoms with E-state index < -0.39 is 44.4 Å². The van der Waals surface area contributed by atoms with Gasteiger partial charge < -0.3 is 19.9 Å². The predicted molar refractivity (Wildman–Crippen MR) is 123 cm³/mol. The predicted octanol–water partition coefficient (Wildman–Crippen LogP) is 0.838. The highest BCUT2D eigenvalue weighted by atomic mass is 32.2. The summed E-state index contributed by atoms with van der Waals surface area (Å²) in [7, 11) is -3.94. The van der Waals surface area contributed by atoms with E-state index in [1.807, 2.05) is 0 Å². The fourth-order valence-electron chi connectivity index (χ4n) is 5.04. The first-order valence-corrected chi connectivity index (χ1v) is 13.3. The Balaban J connectivity index is 1.39. The van der Waals surface area contributed by atoms with E-state index in [9.17, 15) is 27.5 Å². The summed E-state index contributed by atoms with van der Waals surface area (Å²) in [4.78, 5) is 29.9. The largest absolute Gasteiger partial charge is 0.501 e. The summed E-state index contributed by atoms with van der Waals surface area (Å²) in [5, 5.41) is 12.9. The molecule has 2 aromatic rings. The van der Waals surface area contributed by atoms with E-state index in [1.54, 1.807) is 0 Å². The Kier molecular flexibility index (Phi) is 6.57. The van der Waals surface area contributed by atoms with Gasteiger partial charge in [0.15, 0.2) is 5.69 Å². The molecule has 2 fully saturated rings. The van der Waals surface area contributed by atoms with Gasteiger partial charge in [0.2, 0.25) is 15.8 Å². The first kappa shape index (κ1) is 24.8. The number of nitrogens with one attached hydrogen (secondary N) is 1. The number of benzene rings is 1. The number of aromatic hydroxyl groups is 1. The Morgan fingerprint density at radius 3 is 2.58 bits per heavy atom. The van der Waals surface area contributed by atoms with Crippen LogP contribution in [0.25, 0.3) is 0 Å². The summed E-state index contributed by atoms with van der Waals surface area (Å²) in [6.45, 7) is 1.12. The van der Waals surface area contributed by atoms with Crippen LogP contribution in [0.3, 0.4) is 0 Å². The minimum atomic E-state index is -3.94. The summed E-state index contributed by atoms with van der Waals surface area (Å²) in [6.07, 6.45) is 3.12. The van der Waals surface area contributed by atoms with Gasteiger partial charge in [-0.3, -0.25) is 14.2 Å². The molecule has 1 amide bonds. The first-order valence-electron chi connectivity index (χ1n) is 11.9. The zero-order chi connectivity index (χ0) is 25.5. The molecular formula is C23H27FN4O7S. The van der Waals surface area contributed by atoms with Crippen LogP contribution in [0.4, 0.5) is 4.39 Å². The standard InChI is InChI=1S/C23H27FN4O7S/c24-16-11-15(12-17(13-16)36(32,33)27-5-8-34-9-6-27)14-25-20(30)18-19(29)21(31)28-7-10-35-23(22(28)26-18)3-1-2-4-23/h11-13,29H,1-10,14H2,(H,25,30). The normalized spacial score (nSPS) is 19.8. The highest BCUT2D eigenvalue weighted by Crippen LogP contribution is 2.43. The van der Waals surface area contributed by atoms with Gasteiger partial charge in [-0.1, -0.05) is 0 Å². The molecule has 0 atom stereocenters. The fraction of sp³-hybridized carbons (Fsp3) is 0.522. The third kappa shape index (κ3) is 4.40. The molecule has 11 nitrogen and oxygen atoms in total. The molecule has 0 unspecified atom stereocenters. The smallest absolute Gasteiger partial charge is 0.296 e. The topological polar surface area (TPSA) is 140 Å².